The summed E-state index contributed by atoms with van der Waals surface area (Å²) < 4.78 is 22.6. The van der Waals surface area contributed by atoms with Gasteiger partial charge in [-0.2, -0.15) is 0 Å². The molecule has 0 fully saturated rings. The number of primary sulfonamides is 1. The standard InChI is InChI=1S/C16H20N2O3S2.ClH/c1-11(2)8-18-9-12-4-3-5-13(6-12)16(19)14-7-15(22-10-14)23(17,20)21;/h3-7,10-11,18H,8-9H2,1-2H3,(H2,17,20,21);1H. The van der Waals surface area contributed by atoms with Crippen LogP contribution in [0.2, 0.25) is 0 Å². The number of halogens is 1. The van der Waals surface area contributed by atoms with E-state index in [9.17, 15) is 13.2 Å². The number of thiophene rings is 1. The van der Waals surface area contributed by atoms with E-state index in [0.717, 1.165) is 23.4 Å². The highest BCUT2D eigenvalue weighted by atomic mass is 35.5. The first kappa shape index (κ1) is 20.8. The Morgan fingerprint density at radius 1 is 1.25 bits per heavy atom. The molecule has 0 aliphatic rings. The second-order valence-corrected chi connectivity index (χ2v) is 8.45. The summed E-state index contributed by atoms with van der Waals surface area (Å²) >= 11 is 0.955. The minimum absolute atomic E-state index is 0. The minimum atomic E-state index is -3.77. The third-order valence-corrected chi connectivity index (χ3v) is 5.58. The minimum Gasteiger partial charge on any atom is -0.312 e. The summed E-state index contributed by atoms with van der Waals surface area (Å²) in [5, 5.41) is 9.92. The van der Waals surface area contributed by atoms with E-state index in [1.807, 2.05) is 18.2 Å². The van der Waals surface area contributed by atoms with Crippen LogP contribution >= 0.6 is 23.7 Å². The van der Waals surface area contributed by atoms with Crippen LogP contribution in [0.15, 0.2) is 39.9 Å². The van der Waals surface area contributed by atoms with Gasteiger partial charge in [-0.3, -0.25) is 4.79 Å². The highest BCUT2D eigenvalue weighted by molar-refractivity contribution is 7.91. The molecule has 0 bridgehead atoms. The van der Waals surface area contributed by atoms with Gasteiger partial charge in [0.25, 0.3) is 0 Å². The van der Waals surface area contributed by atoms with Crippen LogP contribution in [0, 0.1) is 5.92 Å². The Labute approximate surface area is 152 Å². The average Bonchev–Trinajstić information content (AvgIpc) is 2.96. The lowest BCUT2D eigenvalue weighted by atomic mass is 10.0. The first-order chi connectivity index (χ1) is 10.8. The largest absolute Gasteiger partial charge is 0.312 e. The second kappa shape index (κ2) is 8.73. The van der Waals surface area contributed by atoms with E-state index in [0.29, 0.717) is 23.6 Å². The van der Waals surface area contributed by atoms with Crippen LogP contribution in [0.4, 0.5) is 0 Å². The van der Waals surface area contributed by atoms with Crippen molar-refractivity contribution in [2.24, 2.45) is 11.1 Å². The predicted octanol–water partition coefficient (Wildman–Crippen LogP) is 2.79. The van der Waals surface area contributed by atoms with Crippen LogP contribution in [0.5, 0.6) is 0 Å². The van der Waals surface area contributed by atoms with E-state index in [1.165, 1.54) is 11.4 Å². The van der Waals surface area contributed by atoms with Crippen LogP contribution in [0.25, 0.3) is 0 Å². The molecule has 0 aliphatic heterocycles. The molecule has 0 atom stereocenters. The van der Waals surface area contributed by atoms with Gasteiger partial charge >= 0.3 is 0 Å². The maximum atomic E-state index is 12.5. The number of benzene rings is 1. The summed E-state index contributed by atoms with van der Waals surface area (Å²) in [6, 6.07) is 8.65. The maximum absolute atomic E-state index is 12.5. The fraction of sp³-hybridized carbons (Fsp3) is 0.312. The Morgan fingerprint density at radius 3 is 2.54 bits per heavy atom. The highest BCUT2D eigenvalue weighted by Crippen LogP contribution is 2.21. The van der Waals surface area contributed by atoms with Gasteiger partial charge < -0.3 is 5.32 Å². The summed E-state index contributed by atoms with van der Waals surface area (Å²) in [5.74, 6) is 0.351. The Morgan fingerprint density at radius 2 is 1.96 bits per heavy atom. The first-order valence-electron chi connectivity index (χ1n) is 7.23. The molecular formula is C16H21ClN2O3S2. The van der Waals surface area contributed by atoms with Crippen LogP contribution in [-0.4, -0.2) is 20.7 Å². The van der Waals surface area contributed by atoms with Gasteiger partial charge in [-0.15, -0.1) is 23.7 Å². The molecule has 0 saturated carbocycles. The maximum Gasteiger partial charge on any atom is 0.247 e. The fourth-order valence-electron chi connectivity index (χ4n) is 2.08. The summed E-state index contributed by atoms with van der Waals surface area (Å²) in [6.45, 7) is 5.85. The molecule has 0 radical (unpaired) electrons. The molecule has 1 aromatic carbocycles. The van der Waals surface area contributed by atoms with Crippen molar-refractivity contribution in [3.8, 4) is 0 Å². The SMILES string of the molecule is CC(C)CNCc1cccc(C(=O)c2csc(S(N)(=O)=O)c2)c1.Cl. The number of carbonyl (C=O) groups excluding carboxylic acids is 1. The van der Waals surface area contributed by atoms with Gasteiger partial charge in [-0.05, 0) is 30.2 Å². The molecular weight excluding hydrogens is 368 g/mol. The zero-order valence-corrected chi connectivity index (χ0v) is 15.9. The summed E-state index contributed by atoms with van der Waals surface area (Å²) in [7, 11) is -3.77. The smallest absolute Gasteiger partial charge is 0.247 e. The zero-order chi connectivity index (χ0) is 17.0. The molecule has 2 rings (SSSR count). The number of nitrogens with two attached hydrogens (primary N) is 1. The van der Waals surface area contributed by atoms with Crippen LogP contribution < -0.4 is 10.5 Å². The molecule has 8 heteroatoms. The van der Waals surface area contributed by atoms with Crippen molar-refractivity contribution in [1.82, 2.24) is 5.32 Å². The lowest BCUT2D eigenvalue weighted by Gasteiger charge is -2.08. The number of hydrogen-bond donors (Lipinski definition) is 2. The zero-order valence-electron chi connectivity index (χ0n) is 13.5. The molecule has 5 nitrogen and oxygen atoms in total. The van der Waals surface area contributed by atoms with E-state index in [-0.39, 0.29) is 22.4 Å². The number of ketones is 1. The third-order valence-electron chi connectivity index (χ3n) is 3.19. The summed E-state index contributed by atoms with van der Waals surface area (Å²) in [5.41, 5.74) is 1.89. The fourth-order valence-corrected chi connectivity index (χ4v) is 3.66. The van der Waals surface area contributed by atoms with Crippen molar-refractivity contribution in [1.29, 1.82) is 0 Å². The van der Waals surface area contributed by atoms with Crippen molar-refractivity contribution in [2.45, 2.75) is 24.6 Å². The van der Waals surface area contributed by atoms with Gasteiger partial charge in [0, 0.05) is 23.1 Å². The molecule has 0 amide bonds. The molecule has 3 N–H and O–H groups in total. The molecule has 132 valence electrons. The van der Waals surface area contributed by atoms with Crippen molar-refractivity contribution in [2.75, 3.05) is 6.54 Å². The lowest BCUT2D eigenvalue weighted by molar-refractivity contribution is 0.103. The van der Waals surface area contributed by atoms with Crippen molar-refractivity contribution in [3.05, 3.63) is 52.4 Å². The predicted molar refractivity (Wildman–Crippen MR) is 99.4 cm³/mol. The third kappa shape index (κ3) is 5.68. The molecule has 0 spiro atoms. The molecule has 0 saturated heterocycles. The Bertz CT molecular complexity index is 801. The topological polar surface area (TPSA) is 89.3 Å². The Balaban J connectivity index is 0.00000288. The van der Waals surface area contributed by atoms with Gasteiger partial charge in [0.15, 0.2) is 5.78 Å². The van der Waals surface area contributed by atoms with Gasteiger partial charge in [0.1, 0.15) is 4.21 Å². The molecule has 2 aromatic rings. The van der Waals surface area contributed by atoms with Crippen molar-refractivity contribution >= 4 is 39.6 Å². The van der Waals surface area contributed by atoms with Crippen LogP contribution in [0.3, 0.4) is 0 Å². The van der Waals surface area contributed by atoms with E-state index in [2.05, 4.69) is 19.2 Å². The lowest BCUT2D eigenvalue weighted by Crippen LogP contribution is -2.19. The number of sulfonamides is 1. The normalized spacial score (nSPS) is 11.3. The molecule has 24 heavy (non-hydrogen) atoms. The Kier molecular flexibility index (Phi) is 7.56. The Hall–Kier alpha value is -1.25. The van der Waals surface area contributed by atoms with Crippen molar-refractivity contribution < 1.29 is 13.2 Å². The second-order valence-electron chi connectivity index (χ2n) is 5.75. The quantitative estimate of drug-likeness (QED) is 0.713. The first-order valence-corrected chi connectivity index (χ1v) is 9.65. The average molecular weight is 389 g/mol. The highest BCUT2D eigenvalue weighted by Gasteiger charge is 2.16. The summed E-state index contributed by atoms with van der Waals surface area (Å²) in [4.78, 5) is 12.5. The van der Waals surface area contributed by atoms with Crippen LogP contribution in [0.1, 0.15) is 35.3 Å². The molecule has 1 heterocycles. The van der Waals surface area contributed by atoms with Gasteiger partial charge in [0.2, 0.25) is 10.0 Å². The van der Waals surface area contributed by atoms with Crippen molar-refractivity contribution in [3.63, 3.8) is 0 Å². The monoisotopic (exact) mass is 388 g/mol. The van der Waals surface area contributed by atoms with Gasteiger partial charge in [-0.25, -0.2) is 13.6 Å². The molecule has 0 unspecified atom stereocenters. The molecule has 1 aromatic heterocycles. The number of nitrogens with one attached hydrogen (secondary N) is 1. The number of hydrogen-bond acceptors (Lipinski definition) is 5. The van der Waals surface area contributed by atoms with Gasteiger partial charge in [-0.1, -0.05) is 32.0 Å². The molecule has 0 aliphatic carbocycles. The summed E-state index contributed by atoms with van der Waals surface area (Å²) in [6.07, 6.45) is 0. The van der Waals surface area contributed by atoms with E-state index in [4.69, 9.17) is 5.14 Å². The van der Waals surface area contributed by atoms with Crippen LogP contribution in [-0.2, 0) is 16.6 Å². The number of rotatable bonds is 7. The van der Waals surface area contributed by atoms with Gasteiger partial charge in [0.05, 0.1) is 0 Å². The number of carbonyl (C=O) groups is 1. The van der Waals surface area contributed by atoms with E-state index in [1.54, 1.807) is 6.07 Å². The van der Waals surface area contributed by atoms with E-state index >= 15 is 0 Å². The van der Waals surface area contributed by atoms with E-state index < -0.39 is 10.0 Å².